The van der Waals surface area contributed by atoms with Gasteiger partial charge in [-0.15, -0.1) is 0 Å². The summed E-state index contributed by atoms with van der Waals surface area (Å²) < 4.78 is 4.82. The minimum absolute atomic E-state index is 0.0498. The summed E-state index contributed by atoms with van der Waals surface area (Å²) in [5.41, 5.74) is 11.4. The lowest BCUT2D eigenvalue weighted by atomic mass is 10.1. The fourth-order valence-corrected chi connectivity index (χ4v) is 2.40. The van der Waals surface area contributed by atoms with E-state index >= 15 is 0 Å². The van der Waals surface area contributed by atoms with Gasteiger partial charge in [-0.25, -0.2) is 9.97 Å². The molecular weight excluding hydrogens is 350 g/mol. The van der Waals surface area contributed by atoms with Gasteiger partial charge in [-0.05, 0) is 26.2 Å². The second-order valence-corrected chi connectivity index (χ2v) is 6.09. The van der Waals surface area contributed by atoms with Crippen molar-refractivity contribution in [2.75, 3.05) is 24.6 Å². The third-order valence-electron chi connectivity index (χ3n) is 3.83. The molecule has 5 N–H and O–H groups in total. The van der Waals surface area contributed by atoms with Gasteiger partial charge in [0.2, 0.25) is 0 Å². The number of nitrogen functional groups attached to an aromatic ring is 2. The zero-order valence-corrected chi connectivity index (χ0v) is 16.0. The normalized spacial score (nSPS) is 10.4. The predicted molar refractivity (Wildman–Crippen MR) is 102 cm³/mol. The van der Waals surface area contributed by atoms with Gasteiger partial charge >= 0.3 is 5.97 Å². The van der Waals surface area contributed by atoms with Crippen molar-refractivity contribution in [1.29, 1.82) is 0 Å². The van der Waals surface area contributed by atoms with Crippen LogP contribution in [0.3, 0.4) is 0 Å². The fraction of sp³-hybridized carbons (Fsp3) is 0.611. The molecule has 9 heteroatoms. The highest BCUT2D eigenvalue weighted by Crippen LogP contribution is 2.16. The summed E-state index contributed by atoms with van der Waals surface area (Å²) >= 11 is 0. The predicted octanol–water partition coefficient (Wildman–Crippen LogP) is 1.87. The monoisotopic (exact) mass is 379 g/mol. The number of Topliss-reactive ketones (excluding diaryl/α,β-unsaturated/α-hetero) is 1. The number of aromatic nitrogens is 2. The van der Waals surface area contributed by atoms with Crippen molar-refractivity contribution in [3.63, 3.8) is 0 Å². The molecule has 0 aliphatic heterocycles. The Hall–Kier alpha value is -2.71. The van der Waals surface area contributed by atoms with Crippen molar-refractivity contribution in [3.8, 4) is 0 Å². The molecule has 150 valence electrons. The van der Waals surface area contributed by atoms with Crippen LogP contribution in [0, 0.1) is 0 Å². The van der Waals surface area contributed by atoms with Gasteiger partial charge in [0.1, 0.15) is 0 Å². The summed E-state index contributed by atoms with van der Waals surface area (Å²) in [6.07, 6.45) is 4.31. The standard InChI is InChI=1S/C18H29N5O4/c1-3-5-8-11-21-18(26)15-17(20)22-14(16(19)23-15)12(24)9-6-7-10-13(25)27-4-2/h3-11H2,1-2H3,(H2,19,23)(H2,20,22)(H,21,26). The van der Waals surface area contributed by atoms with Crippen LogP contribution in [0.4, 0.5) is 11.6 Å². The van der Waals surface area contributed by atoms with E-state index in [1.54, 1.807) is 6.92 Å². The van der Waals surface area contributed by atoms with Crippen LogP contribution in [0.25, 0.3) is 0 Å². The quantitative estimate of drug-likeness (QED) is 0.283. The Morgan fingerprint density at radius 3 is 2.22 bits per heavy atom. The average molecular weight is 379 g/mol. The summed E-state index contributed by atoms with van der Waals surface area (Å²) in [5, 5.41) is 2.71. The minimum atomic E-state index is -0.462. The van der Waals surface area contributed by atoms with Crippen LogP contribution < -0.4 is 16.8 Å². The molecule has 0 spiro atoms. The van der Waals surface area contributed by atoms with Gasteiger partial charge in [0, 0.05) is 19.4 Å². The van der Waals surface area contributed by atoms with Gasteiger partial charge in [-0.3, -0.25) is 14.4 Å². The van der Waals surface area contributed by atoms with Gasteiger partial charge in [0.15, 0.2) is 28.8 Å². The zero-order chi connectivity index (χ0) is 20.2. The highest BCUT2D eigenvalue weighted by atomic mass is 16.5. The van der Waals surface area contributed by atoms with E-state index in [9.17, 15) is 14.4 Å². The molecule has 0 bridgehead atoms. The first kappa shape index (κ1) is 22.3. The number of unbranched alkanes of at least 4 members (excludes halogenated alkanes) is 3. The number of amides is 1. The molecule has 0 radical (unpaired) electrons. The van der Waals surface area contributed by atoms with Crippen LogP contribution >= 0.6 is 0 Å². The average Bonchev–Trinajstić information content (AvgIpc) is 2.63. The summed E-state index contributed by atoms with van der Waals surface area (Å²) in [7, 11) is 0. The molecule has 0 unspecified atom stereocenters. The summed E-state index contributed by atoms with van der Waals surface area (Å²) in [6.45, 7) is 4.65. The number of hydrogen-bond donors (Lipinski definition) is 3. The number of nitrogens with one attached hydrogen (secondary N) is 1. The van der Waals surface area contributed by atoms with Crippen LogP contribution in [-0.4, -0.2) is 40.8 Å². The summed E-state index contributed by atoms with van der Waals surface area (Å²) in [4.78, 5) is 43.6. The number of ether oxygens (including phenoxy) is 1. The first-order chi connectivity index (χ1) is 12.9. The molecule has 0 aliphatic carbocycles. The Labute approximate surface area is 159 Å². The molecule has 1 aromatic rings. The Kier molecular flexibility index (Phi) is 9.78. The van der Waals surface area contributed by atoms with E-state index in [0.717, 1.165) is 19.3 Å². The highest BCUT2D eigenvalue weighted by Gasteiger charge is 2.20. The van der Waals surface area contributed by atoms with Crippen LogP contribution in [0.15, 0.2) is 0 Å². The lowest BCUT2D eigenvalue weighted by Crippen LogP contribution is -2.28. The number of nitrogens with two attached hydrogens (primary N) is 2. The number of anilines is 2. The first-order valence-electron chi connectivity index (χ1n) is 9.30. The van der Waals surface area contributed by atoms with Gasteiger partial charge in [-0.2, -0.15) is 0 Å². The number of rotatable bonds is 12. The van der Waals surface area contributed by atoms with Crippen molar-refractivity contribution >= 4 is 29.3 Å². The van der Waals surface area contributed by atoms with E-state index in [-0.39, 0.29) is 47.6 Å². The maximum Gasteiger partial charge on any atom is 0.305 e. The smallest absolute Gasteiger partial charge is 0.305 e. The Bertz CT molecular complexity index is 663. The van der Waals surface area contributed by atoms with Crippen molar-refractivity contribution in [2.24, 2.45) is 0 Å². The molecule has 1 amide bonds. The van der Waals surface area contributed by atoms with Gasteiger partial charge in [0.25, 0.3) is 5.91 Å². The van der Waals surface area contributed by atoms with Crippen LogP contribution in [0.1, 0.15) is 79.8 Å². The number of hydrogen-bond acceptors (Lipinski definition) is 8. The van der Waals surface area contributed by atoms with Gasteiger partial charge in [-0.1, -0.05) is 19.8 Å². The SMILES string of the molecule is CCCCCNC(=O)c1nc(N)c(C(=O)CCCCC(=O)OCC)nc1N. The lowest BCUT2D eigenvalue weighted by Gasteiger charge is -2.09. The highest BCUT2D eigenvalue weighted by molar-refractivity contribution is 6.01. The van der Waals surface area contributed by atoms with Crippen LogP contribution in [0.5, 0.6) is 0 Å². The van der Waals surface area contributed by atoms with Crippen molar-refractivity contribution in [1.82, 2.24) is 15.3 Å². The van der Waals surface area contributed by atoms with Crippen molar-refractivity contribution in [2.45, 2.75) is 58.8 Å². The fourth-order valence-electron chi connectivity index (χ4n) is 2.40. The molecule has 0 saturated heterocycles. The molecule has 0 fully saturated rings. The first-order valence-corrected chi connectivity index (χ1v) is 9.30. The molecular formula is C18H29N5O4. The van der Waals surface area contributed by atoms with E-state index in [1.165, 1.54) is 0 Å². The van der Waals surface area contributed by atoms with Crippen molar-refractivity contribution in [3.05, 3.63) is 11.4 Å². The van der Waals surface area contributed by atoms with E-state index in [0.29, 0.717) is 26.0 Å². The van der Waals surface area contributed by atoms with Crippen LogP contribution in [-0.2, 0) is 9.53 Å². The Morgan fingerprint density at radius 1 is 0.926 bits per heavy atom. The van der Waals surface area contributed by atoms with E-state index in [1.807, 2.05) is 0 Å². The van der Waals surface area contributed by atoms with Crippen molar-refractivity contribution < 1.29 is 19.1 Å². The Morgan fingerprint density at radius 2 is 1.56 bits per heavy atom. The molecule has 27 heavy (non-hydrogen) atoms. The molecule has 1 rings (SSSR count). The minimum Gasteiger partial charge on any atom is -0.466 e. The summed E-state index contributed by atoms with van der Waals surface area (Å²) in [6, 6.07) is 0. The maximum atomic E-state index is 12.3. The molecule has 9 nitrogen and oxygen atoms in total. The number of esters is 1. The second kappa shape index (κ2) is 11.8. The largest absolute Gasteiger partial charge is 0.466 e. The van der Waals surface area contributed by atoms with Crippen LogP contribution in [0.2, 0.25) is 0 Å². The maximum absolute atomic E-state index is 12.3. The van der Waals surface area contributed by atoms with Gasteiger partial charge < -0.3 is 21.5 Å². The summed E-state index contributed by atoms with van der Waals surface area (Å²) in [5.74, 6) is -1.34. The van der Waals surface area contributed by atoms with E-state index < -0.39 is 5.91 Å². The lowest BCUT2D eigenvalue weighted by molar-refractivity contribution is -0.143. The molecule has 1 aromatic heterocycles. The molecule has 0 aliphatic rings. The van der Waals surface area contributed by atoms with E-state index in [4.69, 9.17) is 16.2 Å². The number of carbonyl (C=O) groups is 3. The second-order valence-electron chi connectivity index (χ2n) is 6.09. The van der Waals surface area contributed by atoms with Gasteiger partial charge in [0.05, 0.1) is 6.61 Å². The Balaban J connectivity index is 2.61. The number of nitrogens with zero attached hydrogens (tertiary/aromatic N) is 2. The number of carbonyl (C=O) groups excluding carboxylic acids is 3. The molecule has 0 aromatic carbocycles. The molecule has 1 heterocycles. The zero-order valence-electron chi connectivity index (χ0n) is 16.0. The molecule has 0 atom stereocenters. The third-order valence-corrected chi connectivity index (χ3v) is 3.83. The third kappa shape index (κ3) is 7.59. The van der Waals surface area contributed by atoms with E-state index in [2.05, 4.69) is 22.2 Å². The topological polar surface area (TPSA) is 150 Å². The number of ketones is 1. The molecule has 0 saturated carbocycles.